The number of pyridine rings is 1. The minimum Gasteiger partial charge on any atom is -0.490 e. The van der Waals surface area contributed by atoms with E-state index in [1.54, 1.807) is 0 Å². The standard InChI is InChI=1S/C40H48FN3O5/c1-25-20-30(41)35-29-14-11-13-28(23-29)31-24-44-33(42-31)22-26(2)34(36(38(45)46-8)49-39(4,5)6)37(44)43-17-15-40(7,16-18-43)47-19-10-9-12-27(3)48-32(35)21-25/h9-11,13-14,20-24,27,36H,12,15-19H2,1-8H3/b10-9-/t27-,36-/m0/s1. The lowest BCUT2D eigenvalue weighted by Gasteiger charge is -2.41. The van der Waals surface area contributed by atoms with E-state index in [1.165, 1.54) is 13.2 Å². The fourth-order valence-corrected chi connectivity index (χ4v) is 6.84. The third kappa shape index (κ3) is 7.38. The van der Waals surface area contributed by atoms with Gasteiger partial charge < -0.3 is 23.8 Å². The van der Waals surface area contributed by atoms with Crippen LogP contribution in [0.5, 0.6) is 5.75 Å². The van der Waals surface area contributed by atoms with E-state index in [0.717, 1.165) is 52.3 Å². The molecule has 2 atom stereocenters. The molecule has 7 rings (SSSR count). The molecule has 0 N–H and O–H groups in total. The third-order valence-electron chi connectivity index (χ3n) is 9.38. The van der Waals surface area contributed by atoms with Gasteiger partial charge in [-0.25, -0.2) is 14.2 Å². The molecule has 0 spiro atoms. The molecule has 8 nitrogen and oxygen atoms in total. The van der Waals surface area contributed by atoms with Crippen LogP contribution < -0.4 is 9.64 Å². The number of rotatable bonds is 3. The van der Waals surface area contributed by atoms with E-state index in [0.29, 0.717) is 43.0 Å². The second-order valence-electron chi connectivity index (χ2n) is 14.6. The molecule has 1 fully saturated rings. The summed E-state index contributed by atoms with van der Waals surface area (Å²) >= 11 is 0. The van der Waals surface area contributed by atoms with Crippen molar-refractivity contribution in [1.82, 2.24) is 9.38 Å². The molecule has 49 heavy (non-hydrogen) atoms. The first-order valence-corrected chi connectivity index (χ1v) is 17.1. The number of aryl methyl sites for hydroxylation is 2. The molecule has 6 bridgehead atoms. The second kappa shape index (κ2) is 13.6. The topological polar surface area (TPSA) is 74.5 Å². The van der Waals surface area contributed by atoms with Gasteiger partial charge in [-0.15, -0.1) is 0 Å². The van der Waals surface area contributed by atoms with Crippen molar-refractivity contribution in [1.29, 1.82) is 0 Å². The summed E-state index contributed by atoms with van der Waals surface area (Å²) in [5.41, 5.74) is 4.88. The first-order chi connectivity index (χ1) is 23.2. The molecule has 0 amide bonds. The number of benzene rings is 2. The highest BCUT2D eigenvalue weighted by Gasteiger charge is 2.37. The van der Waals surface area contributed by atoms with Gasteiger partial charge in [0.15, 0.2) is 6.10 Å². The number of hydrogen-bond donors (Lipinski definition) is 0. The zero-order valence-electron chi connectivity index (χ0n) is 29.9. The molecule has 2 aromatic heterocycles. The molecule has 4 aromatic rings. The largest absolute Gasteiger partial charge is 0.490 e. The Bertz CT molecular complexity index is 1880. The number of piperidine rings is 1. The Morgan fingerprint density at radius 3 is 2.53 bits per heavy atom. The number of carbonyl (C=O) groups excluding carboxylic acids is 1. The summed E-state index contributed by atoms with van der Waals surface area (Å²) in [6.45, 7) is 15.7. The van der Waals surface area contributed by atoms with E-state index in [4.69, 9.17) is 23.9 Å². The highest BCUT2D eigenvalue weighted by Crippen LogP contribution is 2.41. The molecule has 1 saturated heterocycles. The van der Waals surface area contributed by atoms with Gasteiger partial charge in [0.1, 0.15) is 23.0 Å². The van der Waals surface area contributed by atoms with E-state index in [2.05, 4.69) is 22.3 Å². The average Bonchev–Trinajstić information content (AvgIpc) is 3.46. The average molecular weight is 670 g/mol. The Morgan fingerprint density at radius 2 is 1.82 bits per heavy atom. The van der Waals surface area contributed by atoms with E-state index >= 15 is 4.39 Å². The quantitative estimate of drug-likeness (QED) is 0.160. The summed E-state index contributed by atoms with van der Waals surface area (Å²) in [5, 5.41) is 0. The molecule has 0 unspecified atom stereocenters. The van der Waals surface area contributed by atoms with Gasteiger partial charge in [0.25, 0.3) is 0 Å². The smallest absolute Gasteiger partial charge is 0.339 e. The van der Waals surface area contributed by atoms with Crippen LogP contribution in [0.25, 0.3) is 28.0 Å². The number of nitrogens with zero attached hydrogens (tertiary/aromatic N) is 3. The number of esters is 1. The first kappa shape index (κ1) is 34.6. The first-order valence-electron chi connectivity index (χ1n) is 17.1. The van der Waals surface area contributed by atoms with Crippen LogP contribution in [0.4, 0.5) is 10.2 Å². The number of halogens is 1. The molecule has 3 aliphatic rings. The number of methoxy groups -OCH3 is 1. The Hall–Kier alpha value is -4.21. The molecule has 3 aliphatic heterocycles. The van der Waals surface area contributed by atoms with Crippen LogP contribution in [0.15, 0.2) is 60.8 Å². The number of imidazole rings is 1. The molecule has 2 aromatic carbocycles. The minimum absolute atomic E-state index is 0.172. The number of hydrogen-bond acceptors (Lipinski definition) is 7. The molecule has 9 heteroatoms. The highest BCUT2D eigenvalue weighted by molar-refractivity contribution is 5.82. The van der Waals surface area contributed by atoms with Crippen LogP contribution in [0.3, 0.4) is 0 Å². The second-order valence-corrected chi connectivity index (χ2v) is 14.6. The fourth-order valence-electron chi connectivity index (χ4n) is 6.84. The lowest BCUT2D eigenvalue weighted by atomic mass is 9.92. The third-order valence-corrected chi connectivity index (χ3v) is 9.38. The molecule has 0 saturated carbocycles. The summed E-state index contributed by atoms with van der Waals surface area (Å²) in [6, 6.07) is 13.2. The predicted molar refractivity (Wildman–Crippen MR) is 191 cm³/mol. The van der Waals surface area contributed by atoms with Gasteiger partial charge in [-0.05, 0) is 102 Å². The van der Waals surface area contributed by atoms with Crippen molar-refractivity contribution in [3.8, 4) is 28.1 Å². The Labute approximate surface area is 288 Å². The van der Waals surface area contributed by atoms with Crippen LogP contribution in [0.2, 0.25) is 0 Å². The van der Waals surface area contributed by atoms with Gasteiger partial charge in [0, 0.05) is 36.8 Å². The minimum atomic E-state index is -0.954. The maximum absolute atomic E-state index is 15.8. The SMILES string of the molecule is COC(=O)[C@@H](OC(C)(C)C)c1c(C)cc2nc3cn2c1N1CCC(C)(CC1)OC/C=C\C[C@H](C)Oc1cc(C)cc(F)c1-c1cccc-3c1. The van der Waals surface area contributed by atoms with Crippen molar-refractivity contribution in [2.75, 3.05) is 31.7 Å². The Balaban J connectivity index is 1.57. The van der Waals surface area contributed by atoms with Gasteiger partial charge in [-0.3, -0.25) is 4.40 Å². The van der Waals surface area contributed by atoms with Crippen molar-refractivity contribution in [3.05, 3.63) is 83.3 Å². The van der Waals surface area contributed by atoms with Crippen LogP contribution >= 0.6 is 0 Å². The molecule has 260 valence electrons. The number of anilines is 1. The van der Waals surface area contributed by atoms with Crippen molar-refractivity contribution < 1.29 is 28.1 Å². The normalized spacial score (nSPS) is 21.2. The van der Waals surface area contributed by atoms with Crippen LogP contribution in [0, 0.1) is 19.7 Å². The van der Waals surface area contributed by atoms with Crippen LogP contribution in [-0.4, -0.2) is 59.5 Å². The van der Waals surface area contributed by atoms with Crippen LogP contribution in [-0.2, 0) is 19.0 Å². The molecule has 0 radical (unpaired) electrons. The summed E-state index contributed by atoms with van der Waals surface area (Å²) in [6.07, 6.45) is 7.23. The van der Waals surface area contributed by atoms with E-state index in [1.807, 2.05) is 90.2 Å². The molecular weight excluding hydrogens is 621 g/mol. The van der Waals surface area contributed by atoms with Crippen molar-refractivity contribution in [3.63, 3.8) is 0 Å². The van der Waals surface area contributed by atoms with E-state index in [9.17, 15) is 4.79 Å². The van der Waals surface area contributed by atoms with Gasteiger partial charge >= 0.3 is 5.97 Å². The van der Waals surface area contributed by atoms with Gasteiger partial charge in [-0.2, -0.15) is 0 Å². The highest BCUT2D eigenvalue weighted by atomic mass is 19.1. The van der Waals surface area contributed by atoms with Crippen molar-refractivity contribution >= 4 is 17.4 Å². The number of carbonyl (C=O) groups is 1. The maximum atomic E-state index is 15.8. The van der Waals surface area contributed by atoms with Crippen molar-refractivity contribution in [2.24, 2.45) is 0 Å². The molecule has 0 aliphatic carbocycles. The monoisotopic (exact) mass is 669 g/mol. The van der Waals surface area contributed by atoms with Crippen LogP contribution in [0.1, 0.15) is 76.7 Å². The number of aromatic nitrogens is 2. The summed E-state index contributed by atoms with van der Waals surface area (Å²) in [4.78, 5) is 20.8. The number of ether oxygens (including phenoxy) is 4. The maximum Gasteiger partial charge on any atom is 0.339 e. The lowest BCUT2D eigenvalue weighted by Crippen LogP contribution is -2.45. The molecule has 5 heterocycles. The van der Waals surface area contributed by atoms with Crippen molar-refractivity contribution in [2.45, 2.75) is 91.1 Å². The van der Waals surface area contributed by atoms with E-state index < -0.39 is 17.7 Å². The van der Waals surface area contributed by atoms with Gasteiger partial charge in [0.2, 0.25) is 0 Å². The predicted octanol–water partition coefficient (Wildman–Crippen LogP) is 8.56. The van der Waals surface area contributed by atoms with Gasteiger partial charge in [0.05, 0.1) is 42.3 Å². The summed E-state index contributed by atoms with van der Waals surface area (Å²) in [7, 11) is 1.39. The van der Waals surface area contributed by atoms with E-state index in [-0.39, 0.29) is 17.5 Å². The zero-order chi connectivity index (χ0) is 35.1. The van der Waals surface area contributed by atoms with Gasteiger partial charge in [-0.1, -0.05) is 30.4 Å². The number of fused-ring (bicyclic) bond motifs is 7. The Kier molecular flexibility index (Phi) is 9.61. The zero-order valence-corrected chi connectivity index (χ0v) is 29.9. The lowest BCUT2D eigenvalue weighted by molar-refractivity contribution is -0.164. The Morgan fingerprint density at radius 1 is 1.08 bits per heavy atom. The molecular formula is C40H48FN3O5. The fraction of sp³-hybridized carbons (Fsp3) is 0.450. The summed E-state index contributed by atoms with van der Waals surface area (Å²) < 4.78 is 42.4. The summed E-state index contributed by atoms with van der Waals surface area (Å²) in [5.74, 6) is 0.546.